The maximum absolute atomic E-state index is 12.0. The number of hydrogen-bond acceptors (Lipinski definition) is 3. The topological polar surface area (TPSA) is 50.1 Å². The summed E-state index contributed by atoms with van der Waals surface area (Å²) in [6.45, 7) is 2.06. The van der Waals surface area contributed by atoms with Gasteiger partial charge in [-0.3, -0.25) is 0 Å². The normalized spacial score (nSPS) is 12.9. The van der Waals surface area contributed by atoms with Gasteiger partial charge in [0.2, 0.25) is 0 Å². The molecule has 23 heavy (non-hydrogen) atoms. The van der Waals surface area contributed by atoms with Crippen LogP contribution in [-0.4, -0.2) is 27.5 Å². The molecule has 3 nitrogen and oxygen atoms in total. The molecule has 2 aromatic carbocycles. The van der Waals surface area contributed by atoms with E-state index in [0.29, 0.717) is 13.0 Å². The van der Waals surface area contributed by atoms with Gasteiger partial charge in [0.05, 0.1) is 0 Å². The third-order valence-electron chi connectivity index (χ3n) is 3.37. The molecule has 0 amide bonds. The molecule has 0 N–H and O–H groups in total. The fourth-order valence-electron chi connectivity index (χ4n) is 2.24. The average Bonchev–Trinajstić information content (AvgIpc) is 2.60. The molecular weight excluding hydrogens is 353 g/mol. The quantitative estimate of drug-likeness (QED) is 0.555. The molecule has 2 atom stereocenters. The van der Waals surface area contributed by atoms with Crippen LogP contribution in [0.15, 0.2) is 60.7 Å². The fraction of sp³-hybridized carbons (Fsp3) is 0.263. The van der Waals surface area contributed by atoms with E-state index in [1.165, 1.54) is 10.0 Å². The molecule has 0 aromatic heterocycles. The number of nitrogens with zero attached hydrogens (tertiary/aromatic N) is 1. The molecule has 118 valence electrons. The van der Waals surface area contributed by atoms with Crippen LogP contribution < -0.4 is 4.46 Å². The molecule has 0 aliphatic rings. The van der Waals surface area contributed by atoms with Crippen molar-refractivity contribution in [2.45, 2.75) is 18.2 Å². The number of benzene rings is 2. The summed E-state index contributed by atoms with van der Waals surface area (Å²) in [5, 5.41) is 9.34. The Morgan fingerprint density at radius 2 is 1.74 bits per heavy atom. The van der Waals surface area contributed by atoms with Crippen molar-refractivity contribution < 1.29 is 9.53 Å². The number of ether oxygens (including phenoxy) is 1. The molecule has 0 heterocycles. The van der Waals surface area contributed by atoms with Crippen molar-refractivity contribution in [3.8, 4) is 6.07 Å². The van der Waals surface area contributed by atoms with Gasteiger partial charge < -0.3 is 0 Å². The Balaban J connectivity index is 2.20. The van der Waals surface area contributed by atoms with Crippen LogP contribution >= 0.6 is 0 Å². The summed E-state index contributed by atoms with van der Waals surface area (Å²) < 4.78 is 6.29. The molecule has 0 fully saturated rings. The number of carbonyl (C=O) groups is 1. The molecule has 4 heteroatoms. The second-order valence-corrected chi connectivity index (χ2v) is 7.68. The summed E-state index contributed by atoms with van der Waals surface area (Å²) in [5.41, 5.74) is 1.17. The van der Waals surface area contributed by atoms with Gasteiger partial charge in [-0.1, -0.05) is 0 Å². The van der Waals surface area contributed by atoms with E-state index in [0.717, 1.165) is 0 Å². The van der Waals surface area contributed by atoms with Gasteiger partial charge in [0.1, 0.15) is 0 Å². The summed E-state index contributed by atoms with van der Waals surface area (Å²) in [6, 6.07) is 22.4. The van der Waals surface area contributed by atoms with Crippen molar-refractivity contribution >= 4 is 25.4 Å². The average molecular weight is 372 g/mol. The fourth-order valence-corrected chi connectivity index (χ4v) is 4.81. The van der Waals surface area contributed by atoms with Crippen molar-refractivity contribution in [2.75, 3.05) is 6.61 Å². The van der Waals surface area contributed by atoms with Crippen molar-refractivity contribution in [1.82, 2.24) is 0 Å². The Kier molecular flexibility index (Phi) is 6.87. The van der Waals surface area contributed by atoms with Gasteiger partial charge in [-0.15, -0.1) is 0 Å². The van der Waals surface area contributed by atoms with Crippen LogP contribution in [0.4, 0.5) is 0 Å². The van der Waals surface area contributed by atoms with E-state index in [-0.39, 0.29) is 19.8 Å². The van der Waals surface area contributed by atoms with E-state index in [2.05, 4.69) is 30.3 Å². The van der Waals surface area contributed by atoms with Crippen LogP contribution in [0.1, 0.15) is 23.7 Å². The molecule has 0 aliphatic carbocycles. The maximum atomic E-state index is 12.0. The zero-order chi connectivity index (χ0) is 16.5. The van der Waals surface area contributed by atoms with Gasteiger partial charge in [0, 0.05) is 0 Å². The Labute approximate surface area is 143 Å². The van der Waals surface area contributed by atoms with E-state index in [1.54, 1.807) is 6.92 Å². The van der Waals surface area contributed by atoms with Gasteiger partial charge in [-0.25, -0.2) is 0 Å². The Hall–Kier alpha value is -2.08. The van der Waals surface area contributed by atoms with Crippen molar-refractivity contribution in [2.24, 2.45) is 5.92 Å². The summed E-state index contributed by atoms with van der Waals surface area (Å²) in [7, 11) is 0. The molecule has 0 radical (unpaired) electrons. The molecule has 2 aromatic rings. The minimum absolute atomic E-state index is 0.143. The summed E-state index contributed by atoms with van der Waals surface area (Å²) in [5.74, 6) is -1.13. The SMILES string of the molecule is CCOC(=O)C(C#N)CC([Se]c1ccccc1)c1ccccc1. The van der Waals surface area contributed by atoms with Crippen LogP contribution in [0.25, 0.3) is 0 Å². The first-order valence-corrected chi connectivity index (χ1v) is 9.42. The molecule has 0 bridgehead atoms. The number of rotatable bonds is 7. The van der Waals surface area contributed by atoms with Crippen LogP contribution in [0.3, 0.4) is 0 Å². The predicted molar refractivity (Wildman–Crippen MR) is 91.4 cm³/mol. The third-order valence-corrected chi connectivity index (χ3v) is 6.08. The third kappa shape index (κ3) is 5.25. The van der Waals surface area contributed by atoms with Gasteiger partial charge in [0.15, 0.2) is 0 Å². The van der Waals surface area contributed by atoms with E-state index in [9.17, 15) is 10.1 Å². The Morgan fingerprint density at radius 1 is 1.13 bits per heavy atom. The first kappa shape index (κ1) is 17.3. The molecule has 2 unspecified atom stereocenters. The first-order chi connectivity index (χ1) is 11.2. The molecule has 0 spiro atoms. The van der Waals surface area contributed by atoms with Crippen LogP contribution in [0.2, 0.25) is 0 Å². The van der Waals surface area contributed by atoms with E-state index < -0.39 is 11.9 Å². The Bertz CT molecular complexity index is 652. The van der Waals surface area contributed by atoms with Gasteiger partial charge in [-0.2, -0.15) is 0 Å². The Morgan fingerprint density at radius 3 is 2.30 bits per heavy atom. The minimum atomic E-state index is -0.717. The number of carbonyl (C=O) groups excluding carboxylic acids is 1. The van der Waals surface area contributed by atoms with Crippen LogP contribution in [-0.2, 0) is 9.53 Å². The molecule has 0 saturated carbocycles. The molecule has 0 aliphatic heterocycles. The van der Waals surface area contributed by atoms with E-state index in [4.69, 9.17) is 4.74 Å². The number of esters is 1. The molecular formula is C19H19NO2Se. The first-order valence-electron chi connectivity index (χ1n) is 7.57. The zero-order valence-corrected chi connectivity index (χ0v) is 14.7. The van der Waals surface area contributed by atoms with Crippen LogP contribution in [0, 0.1) is 17.2 Å². The molecule has 0 saturated heterocycles. The predicted octanol–water partition coefficient (Wildman–Crippen LogP) is 2.85. The summed E-state index contributed by atoms with van der Waals surface area (Å²) in [4.78, 5) is 12.1. The monoisotopic (exact) mass is 373 g/mol. The summed E-state index contributed by atoms with van der Waals surface area (Å²) in [6.07, 6.45) is 0.494. The van der Waals surface area contributed by atoms with Gasteiger partial charge in [-0.05, 0) is 0 Å². The van der Waals surface area contributed by atoms with Crippen molar-refractivity contribution in [3.05, 3.63) is 66.2 Å². The van der Waals surface area contributed by atoms with Gasteiger partial charge in [0.25, 0.3) is 0 Å². The van der Waals surface area contributed by atoms with Crippen molar-refractivity contribution in [1.29, 1.82) is 5.26 Å². The zero-order valence-electron chi connectivity index (χ0n) is 13.0. The van der Waals surface area contributed by atoms with Gasteiger partial charge >= 0.3 is 143 Å². The van der Waals surface area contributed by atoms with E-state index >= 15 is 0 Å². The molecule has 2 rings (SSSR count). The standard InChI is InChI=1S/C19H19NO2Se/c1-2-22-19(21)16(14-20)13-18(15-9-5-3-6-10-15)23-17-11-7-4-8-12-17/h3-12,16,18H,2,13H2,1H3. The number of nitriles is 1. The summed E-state index contributed by atoms with van der Waals surface area (Å²) >= 11 is 0.143. The second-order valence-electron chi connectivity index (χ2n) is 5.00. The van der Waals surface area contributed by atoms with E-state index in [1.807, 2.05) is 36.4 Å². The van der Waals surface area contributed by atoms with Crippen LogP contribution in [0.5, 0.6) is 0 Å². The van der Waals surface area contributed by atoms with Crippen molar-refractivity contribution in [3.63, 3.8) is 0 Å². The number of hydrogen-bond donors (Lipinski definition) is 0. The second kappa shape index (κ2) is 9.15.